The lowest BCUT2D eigenvalue weighted by Crippen LogP contribution is -2.49. The van der Waals surface area contributed by atoms with Gasteiger partial charge in [-0.2, -0.15) is 13.2 Å². The van der Waals surface area contributed by atoms with Crippen LogP contribution in [0.1, 0.15) is 11.6 Å². The Morgan fingerprint density at radius 3 is 2.11 bits per heavy atom. The summed E-state index contributed by atoms with van der Waals surface area (Å²) < 4.78 is 39.6. The van der Waals surface area contributed by atoms with Crippen molar-refractivity contribution in [2.24, 2.45) is 0 Å². The van der Waals surface area contributed by atoms with E-state index in [9.17, 15) is 13.2 Å². The molecular weight excluding hydrogens is 300 g/mol. The van der Waals surface area contributed by atoms with Gasteiger partial charge in [0, 0.05) is 31.2 Å². The molecule has 0 radical (unpaired) electrons. The smallest absolute Gasteiger partial charge is 0.314 e. The molecule has 0 bridgehead atoms. The largest absolute Gasteiger partial charge is 0.408 e. The van der Waals surface area contributed by atoms with Gasteiger partial charge in [-0.3, -0.25) is 4.90 Å². The molecular formula is C12H15Cl2F3N2. The normalized spacial score (nSPS) is 18.7. The van der Waals surface area contributed by atoms with E-state index < -0.39 is 12.2 Å². The molecule has 1 N–H and O–H groups in total. The van der Waals surface area contributed by atoms with Crippen molar-refractivity contribution in [2.75, 3.05) is 26.2 Å². The lowest BCUT2D eigenvalue weighted by Gasteiger charge is -2.36. The monoisotopic (exact) mass is 314 g/mol. The summed E-state index contributed by atoms with van der Waals surface area (Å²) in [4.78, 5) is 1.46. The van der Waals surface area contributed by atoms with Gasteiger partial charge in [0.2, 0.25) is 0 Å². The molecule has 0 saturated carbocycles. The van der Waals surface area contributed by atoms with Crippen LogP contribution in [0.15, 0.2) is 24.3 Å². The minimum Gasteiger partial charge on any atom is -0.314 e. The van der Waals surface area contributed by atoms with E-state index in [0.717, 1.165) is 0 Å². The van der Waals surface area contributed by atoms with Gasteiger partial charge in [-0.25, -0.2) is 0 Å². The van der Waals surface area contributed by atoms with Crippen molar-refractivity contribution in [3.05, 3.63) is 34.9 Å². The maximum absolute atomic E-state index is 13.2. The van der Waals surface area contributed by atoms with Gasteiger partial charge in [0.05, 0.1) is 0 Å². The molecule has 0 aliphatic carbocycles. The Morgan fingerprint density at radius 2 is 1.63 bits per heavy atom. The number of rotatable bonds is 2. The molecule has 1 aliphatic heterocycles. The summed E-state index contributed by atoms with van der Waals surface area (Å²) in [5, 5.41) is 3.50. The van der Waals surface area contributed by atoms with Crippen molar-refractivity contribution in [1.82, 2.24) is 10.2 Å². The Labute approximate surface area is 121 Å². The molecule has 1 aromatic rings. The molecule has 2 nitrogen and oxygen atoms in total. The minimum absolute atomic E-state index is 0. The maximum Gasteiger partial charge on any atom is 0.408 e. The Balaban J connectivity index is 0.00000180. The highest BCUT2D eigenvalue weighted by Gasteiger charge is 2.44. The van der Waals surface area contributed by atoms with Crippen LogP contribution >= 0.6 is 24.0 Å². The molecule has 0 aromatic heterocycles. The number of halogens is 5. The topological polar surface area (TPSA) is 15.3 Å². The number of hydrogen-bond acceptors (Lipinski definition) is 2. The highest BCUT2D eigenvalue weighted by atomic mass is 35.5. The standard InChI is InChI=1S/C12H14ClF3N2.ClH/c13-10-3-1-9(2-4-10)11(12(14,15)16)18-7-5-17-6-8-18;/h1-4,11,17H,5-8H2;1H/t11-;/m0./s1. The van der Waals surface area contributed by atoms with Gasteiger partial charge in [-0.05, 0) is 17.7 Å². The van der Waals surface area contributed by atoms with E-state index in [4.69, 9.17) is 11.6 Å². The fraction of sp³-hybridized carbons (Fsp3) is 0.500. The number of hydrogen-bond donors (Lipinski definition) is 1. The summed E-state index contributed by atoms with van der Waals surface area (Å²) in [6, 6.07) is 4.35. The van der Waals surface area contributed by atoms with Gasteiger partial charge in [-0.15, -0.1) is 12.4 Å². The summed E-state index contributed by atoms with van der Waals surface area (Å²) in [6.45, 7) is 1.96. The second kappa shape index (κ2) is 6.79. The van der Waals surface area contributed by atoms with Crippen molar-refractivity contribution < 1.29 is 13.2 Å². The first kappa shape index (κ1) is 16.6. The van der Waals surface area contributed by atoms with Gasteiger partial charge in [-0.1, -0.05) is 23.7 Å². The SMILES string of the molecule is Cl.FC(F)(F)[C@H](c1ccc(Cl)cc1)N1CCNCC1. The van der Waals surface area contributed by atoms with Crippen LogP contribution in [-0.4, -0.2) is 37.3 Å². The zero-order chi connectivity index (χ0) is 13.2. The quantitative estimate of drug-likeness (QED) is 0.901. The summed E-state index contributed by atoms with van der Waals surface area (Å²) in [7, 11) is 0. The van der Waals surface area contributed by atoms with E-state index in [1.807, 2.05) is 0 Å². The zero-order valence-corrected chi connectivity index (χ0v) is 11.7. The molecule has 0 unspecified atom stereocenters. The third-order valence-corrected chi connectivity index (χ3v) is 3.26. The number of nitrogens with zero attached hydrogens (tertiary/aromatic N) is 1. The van der Waals surface area contributed by atoms with Crippen LogP contribution in [0.25, 0.3) is 0 Å². The predicted molar refractivity (Wildman–Crippen MR) is 71.9 cm³/mol. The van der Waals surface area contributed by atoms with E-state index in [1.165, 1.54) is 29.2 Å². The number of nitrogens with one attached hydrogen (secondary N) is 1. The third-order valence-electron chi connectivity index (χ3n) is 3.01. The summed E-state index contributed by atoms with van der Waals surface area (Å²) >= 11 is 5.71. The number of piperazine rings is 1. The third kappa shape index (κ3) is 4.24. The van der Waals surface area contributed by atoms with Crippen LogP contribution in [0, 0.1) is 0 Å². The van der Waals surface area contributed by atoms with Crippen molar-refractivity contribution in [2.45, 2.75) is 12.2 Å². The van der Waals surface area contributed by atoms with Crippen LogP contribution in [0.5, 0.6) is 0 Å². The Kier molecular flexibility index (Phi) is 5.92. The highest BCUT2D eigenvalue weighted by Crippen LogP contribution is 2.38. The molecule has 1 fully saturated rings. The van der Waals surface area contributed by atoms with E-state index >= 15 is 0 Å². The van der Waals surface area contributed by atoms with E-state index in [-0.39, 0.29) is 18.0 Å². The van der Waals surface area contributed by atoms with Gasteiger partial charge in [0.15, 0.2) is 0 Å². The molecule has 7 heteroatoms. The Hall–Kier alpha value is -0.490. The number of benzene rings is 1. The van der Waals surface area contributed by atoms with Crippen LogP contribution in [0.2, 0.25) is 5.02 Å². The van der Waals surface area contributed by atoms with Gasteiger partial charge in [0.1, 0.15) is 6.04 Å². The number of alkyl halides is 3. The van der Waals surface area contributed by atoms with Crippen LogP contribution in [0.3, 0.4) is 0 Å². The fourth-order valence-corrected chi connectivity index (χ4v) is 2.32. The highest BCUT2D eigenvalue weighted by molar-refractivity contribution is 6.30. The van der Waals surface area contributed by atoms with Crippen molar-refractivity contribution in [1.29, 1.82) is 0 Å². The van der Waals surface area contributed by atoms with Crippen molar-refractivity contribution in [3.8, 4) is 0 Å². The van der Waals surface area contributed by atoms with E-state index in [1.54, 1.807) is 0 Å². The van der Waals surface area contributed by atoms with Crippen LogP contribution in [0.4, 0.5) is 13.2 Å². The molecule has 1 aromatic carbocycles. The average molecular weight is 315 g/mol. The first-order valence-corrected chi connectivity index (χ1v) is 6.13. The van der Waals surface area contributed by atoms with Crippen LogP contribution < -0.4 is 5.32 Å². The second-order valence-electron chi connectivity index (χ2n) is 4.28. The summed E-state index contributed by atoms with van der Waals surface area (Å²) in [5.74, 6) is 0. The van der Waals surface area contributed by atoms with Crippen LogP contribution in [-0.2, 0) is 0 Å². The Bertz CT molecular complexity index is 389. The first-order chi connectivity index (χ1) is 8.48. The summed E-state index contributed by atoms with van der Waals surface area (Å²) in [5.41, 5.74) is 0.244. The van der Waals surface area contributed by atoms with Gasteiger partial charge in [0.25, 0.3) is 0 Å². The maximum atomic E-state index is 13.2. The fourth-order valence-electron chi connectivity index (χ4n) is 2.19. The van der Waals surface area contributed by atoms with Crippen molar-refractivity contribution >= 4 is 24.0 Å². The van der Waals surface area contributed by atoms with E-state index in [2.05, 4.69) is 5.32 Å². The van der Waals surface area contributed by atoms with Crippen molar-refractivity contribution in [3.63, 3.8) is 0 Å². The Morgan fingerprint density at radius 1 is 1.11 bits per heavy atom. The molecule has 0 amide bonds. The lowest BCUT2D eigenvalue weighted by molar-refractivity contribution is -0.187. The molecule has 19 heavy (non-hydrogen) atoms. The second-order valence-corrected chi connectivity index (χ2v) is 4.72. The molecule has 0 spiro atoms. The lowest BCUT2D eigenvalue weighted by atomic mass is 10.0. The molecule has 1 saturated heterocycles. The first-order valence-electron chi connectivity index (χ1n) is 5.75. The van der Waals surface area contributed by atoms with E-state index in [0.29, 0.717) is 31.2 Å². The summed E-state index contributed by atoms with van der Waals surface area (Å²) in [6.07, 6.45) is -4.27. The molecule has 1 atom stereocenters. The average Bonchev–Trinajstić information content (AvgIpc) is 2.32. The van der Waals surface area contributed by atoms with Gasteiger partial charge < -0.3 is 5.32 Å². The zero-order valence-electron chi connectivity index (χ0n) is 10.1. The predicted octanol–water partition coefficient (Wildman–Crippen LogP) is 3.27. The molecule has 108 valence electrons. The van der Waals surface area contributed by atoms with Gasteiger partial charge >= 0.3 is 6.18 Å². The molecule has 1 heterocycles. The molecule has 2 rings (SSSR count). The molecule has 1 aliphatic rings. The minimum atomic E-state index is -4.27.